The van der Waals surface area contributed by atoms with Gasteiger partial charge in [0, 0.05) is 43.2 Å². The van der Waals surface area contributed by atoms with Crippen molar-refractivity contribution in [3.05, 3.63) is 34.9 Å². The number of rotatable bonds is 7. The van der Waals surface area contributed by atoms with Crippen LogP contribution in [-0.2, 0) is 11.2 Å². The van der Waals surface area contributed by atoms with Crippen LogP contribution in [0.5, 0.6) is 0 Å². The minimum Gasteiger partial charge on any atom is -0.340 e. The van der Waals surface area contributed by atoms with E-state index in [0.717, 1.165) is 43.2 Å². The molecule has 0 radical (unpaired) electrons. The van der Waals surface area contributed by atoms with Gasteiger partial charge in [-0.3, -0.25) is 9.69 Å². The summed E-state index contributed by atoms with van der Waals surface area (Å²) < 4.78 is 0. The Kier molecular flexibility index (Phi) is 7.73. The Morgan fingerprint density at radius 3 is 2.52 bits per heavy atom. The molecule has 1 heterocycles. The molecule has 1 aliphatic rings. The highest BCUT2D eigenvalue weighted by atomic mass is 35.5. The van der Waals surface area contributed by atoms with Crippen molar-refractivity contribution in [2.24, 2.45) is 0 Å². The maximum atomic E-state index is 12.6. The smallest absolute Gasteiger partial charge is 0.223 e. The summed E-state index contributed by atoms with van der Waals surface area (Å²) in [5, 5.41) is 0.735. The quantitative estimate of drug-likeness (QED) is 0.742. The summed E-state index contributed by atoms with van der Waals surface area (Å²) in [4.78, 5) is 19.4. The molecule has 0 aromatic heterocycles. The molecule has 2 unspecified atom stereocenters. The van der Waals surface area contributed by atoms with Gasteiger partial charge in [-0.2, -0.15) is 0 Å². The molecule has 140 valence electrons. The fourth-order valence-electron chi connectivity index (χ4n) is 3.67. The minimum absolute atomic E-state index is 0.256. The second kappa shape index (κ2) is 9.56. The van der Waals surface area contributed by atoms with E-state index >= 15 is 0 Å². The molecule has 1 saturated heterocycles. The largest absolute Gasteiger partial charge is 0.340 e. The molecule has 0 spiro atoms. The van der Waals surface area contributed by atoms with Crippen molar-refractivity contribution in [2.75, 3.05) is 40.3 Å². The fraction of sp³-hybridized carbons (Fsp3) is 0.650. The summed E-state index contributed by atoms with van der Waals surface area (Å²) in [5.74, 6) is 0.256. The number of aryl methyl sites for hydroxylation is 1. The van der Waals surface area contributed by atoms with Gasteiger partial charge in [-0.15, -0.1) is 0 Å². The number of nitrogens with zero attached hydrogens (tertiary/aromatic N) is 3. The molecule has 2 rings (SSSR count). The van der Waals surface area contributed by atoms with Gasteiger partial charge in [-0.1, -0.05) is 23.7 Å². The summed E-state index contributed by atoms with van der Waals surface area (Å²) in [6, 6.07) is 8.63. The molecule has 0 saturated carbocycles. The van der Waals surface area contributed by atoms with E-state index in [1.807, 2.05) is 29.2 Å². The molecule has 1 aromatic carbocycles. The van der Waals surface area contributed by atoms with Crippen molar-refractivity contribution in [3.63, 3.8) is 0 Å². The van der Waals surface area contributed by atoms with Gasteiger partial charge in [0.2, 0.25) is 5.91 Å². The molecule has 0 N–H and O–H groups in total. The van der Waals surface area contributed by atoms with Crippen LogP contribution in [0.1, 0.15) is 32.3 Å². The molecule has 1 fully saturated rings. The number of piperazine rings is 1. The predicted octanol–water partition coefficient (Wildman–Crippen LogP) is 3.15. The molecule has 4 nitrogen and oxygen atoms in total. The average Bonchev–Trinajstić information content (AvgIpc) is 2.54. The molecule has 1 aliphatic heterocycles. The number of carbonyl (C=O) groups is 1. The topological polar surface area (TPSA) is 26.8 Å². The Hall–Kier alpha value is -1.10. The lowest BCUT2D eigenvalue weighted by atomic mass is 10.1. The Balaban J connectivity index is 1.82. The van der Waals surface area contributed by atoms with Gasteiger partial charge >= 0.3 is 0 Å². The monoisotopic (exact) mass is 365 g/mol. The maximum absolute atomic E-state index is 12.6. The number of halogens is 1. The standard InChI is InChI=1S/C20H32ClN3O/c1-16-14-23(15-17(2)24(16)12-6-11-22(3)4)20(25)10-9-18-7-5-8-19(21)13-18/h5,7-8,13,16-17H,6,9-12,14-15H2,1-4H3. The zero-order valence-corrected chi connectivity index (χ0v) is 16.8. The van der Waals surface area contributed by atoms with Gasteiger partial charge in [0.25, 0.3) is 0 Å². The molecule has 0 bridgehead atoms. The predicted molar refractivity (Wildman–Crippen MR) is 105 cm³/mol. The van der Waals surface area contributed by atoms with Crippen LogP contribution in [0.3, 0.4) is 0 Å². The number of amides is 1. The zero-order valence-electron chi connectivity index (χ0n) is 16.0. The van der Waals surface area contributed by atoms with Gasteiger partial charge in [0.05, 0.1) is 0 Å². The van der Waals surface area contributed by atoms with Crippen molar-refractivity contribution in [1.82, 2.24) is 14.7 Å². The Bertz CT molecular complexity index is 552. The molecule has 1 amide bonds. The summed E-state index contributed by atoms with van der Waals surface area (Å²) >= 11 is 6.02. The highest BCUT2D eigenvalue weighted by Gasteiger charge is 2.31. The van der Waals surface area contributed by atoms with Gasteiger partial charge in [-0.05, 0) is 65.0 Å². The number of benzene rings is 1. The molecule has 25 heavy (non-hydrogen) atoms. The average molecular weight is 366 g/mol. The van der Waals surface area contributed by atoms with E-state index in [0.29, 0.717) is 18.5 Å². The number of hydrogen-bond acceptors (Lipinski definition) is 3. The maximum Gasteiger partial charge on any atom is 0.223 e. The first kappa shape index (κ1) is 20.2. The van der Waals surface area contributed by atoms with Gasteiger partial charge < -0.3 is 9.80 Å². The van der Waals surface area contributed by atoms with E-state index in [1.54, 1.807) is 0 Å². The SMILES string of the molecule is CC1CN(C(=O)CCc2cccc(Cl)c2)CC(C)N1CCCN(C)C. The van der Waals surface area contributed by atoms with Crippen molar-refractivity contribution >= 4 is 17.5 Å². The lowest BCUT2D eigenvalue weighted by Gasteiger charge is -2.44. The molecular formula is C20H32ClN3O. The molecule has 5 heteroatoms. The van der Waals surface area contributed by atoms with E-state index in [9.17, 15) is 4.79 Å². The van der Waals surface area contributed by atoms with Crippen LogP contribution in [0.15, 0.2) is 24.3 Å². The minimum atomic E-state index is 0.256. The van der Waals surface area contributed by atoms with Crippen LogP contribution in [0.25, 0.3) is 0 Å². The first-order valence-electron chi connectivity index (χ1n) is 9.29. The summed E-state index contributed by atoms with van der Waals surface area (Å²) in [6.45, 7) is 8.36. The normalized spacial score (nSPS) is 21.8. The first-order valence-corrected chi connectivity index (χ1v) is 9.67. The summed E-state index contributed by atoms with van der Waals surface area (Å²) in [7, 11) is 4.23. The van der Waals surface area contributed by atoms with Crippen molar-refractivity contribution in [2.45, 2.75) is 45.2 Å². The fourth-order valence-corrected chi connectivity index (χ4v) is 3.89. The van der Waals surface area contributed by atoms with Crippen molar-refractivity contribution in [1.29, 1.82) is 0 Å². The Labute approximate surface area is 157 Å². The first-order chi connectivity index (χ1) is 11.9. The molecule has 2 atom stereocenters. The highest BCUT2D eigenvalue weighted by Crippen LogP contribution is 2.18. The summed E-state index contributed by atoms with van der Waals surface area (Å²) in [6.07, 6.45) is 2.48. The van der Waals surface area contributed by atoms with E-state index in [4.69, 9.17) is 11.6 Å². The van der Waals surface area contributed by atoms with E-state index in [-0.39, 0.29) is 5.91 Å². The van der Waals surface area contributed by atoms with Gasteiger partial charge in [0.15, 0.2) is 0 Å². The summed E-state index contributed by atoms with van der Waals surface area (Å²) in [5.41, 5.74) is 1.13. The van der Waals surface area contributed by atoms with E-state index in [2.05, 4.69) is 37.7 Å². The van der Waals surface area contributed by atoms with Crippen molar-refractivity contribution in [3.8, 4) is 0 Å². The number of carbonyl (C=O) groups excluding carboxylic acids is 1. The third-order valence-corrected chi connectivity index (χ3v) is 5.23. The van der Waals surface area contributed by atoms with Crippen LogP contribution >= 0.6 is 11.6 Å². The van der Waals surface area contributed by atoms with Crippen LogP contribution in [-0.4, -0.2) is 73.0 Å². The lowest BCUT2D eigenvalue weighted by Crippen LogP contribution is -2.58. The number of hydrogen-bond donors (Lipinski definition) is 0. The van der Waals surface area contributed by atoms with Crippen molar-refractivity contribution < 1.29 is 4.79 Å². The second-order valence-electron chi connectivity index (χ2n) is 7.52. The van der Waals surface area contributed by atoms with Gasteiger partial charge in [0.1, 0.15) is 0 Å². The second-order valence-corrected chi connectivity index (χ2v) is 7.96. The van der Waals surface area contributed by atoms with Crippen LogP contribution in [0, 0.1) is 0 Å². The Morgan fingerprint density at radius 1 is 1.24 bits per heavy atom. The van der Waals surface area contributed by atoms with Gasteiger partial charge in [-0.25, -0.2) is 0 Å². The highest BCUT2D eigenvalue weighted by molar-refractivity contribution is 6.30. The third kappa shape index (κ3) is 6.28. The van der Waals surface area contributed by atoms with E-state index in [1.165, 1.54) is 6.42 Å². The third-order valence-electron chi connectivity index (χ3n) is 4.99. The van der Waals surface area contributed by atoms with Crippen LogP contribution in [0.2, 0.25) is 5.02 Å². The molecule has 1 aromatic rings. The Morgan fingerprint density at radius 2 is 1.92 bits per heavy atom. The zero-order chi connectivity index (χ0) is 18.4. The molecular weight excluding hydrogens is 334 g/mol. The van der Waals surface area contributed by atoms with Crippen LogP contribution in [0.4, 0.5) is 0 Å². The van der Waals surface area contributed by atoms with E-state index < -0.39 is 0 Å². The lowest BCUT2D eigenvalue weighted by molar-refractivity contribution is -0.135. The molecule has 0 aliphatic carbocycles. The van der Waals surface area contributed by atoms with Crippen LogP contribution < -0.4 is 0 Å².